The average Bonchev–Trinajstić information content (AvgIpc) is 2.64. The van der Waals surface area contributed by atoms with Crippen LogP contribution in [0.5, 0.6) is 0 Å². The summed E-state index contributed by atoms with van der Waals surface area (Å²) in [4.78, 5) is 30.0. The van der Waals surface area contributed by atoms with Crippen LogP contribution in [0.4, 0.5) is 0 Å². The Labute approximate surface area is 120 Å². The van der Waals surface area contributed by atoms with Crippen molar-refractivity contribution in [1.29, 1.82) is 0 Å². The largest absolute Gasteiger partial charge is 0.469 e. The fourth-order valence-corrected chi connectivity index (χ4v) is 2.92. The van der Waals surface area contributed by atoms with E-state index in [4.69, 9.17) is 9.79 Å². The monoisotopic (exact) mass is 320 g/mol. The van der Waals surface area contributed by atoms with Gasteiger partial charge in [-0.1, -0.05) is 6.58 Å². The van der Waals surface area contributed by atoms with E-state index < -0.39 is 32.0 Å². The first kappa shape index (κ1) is 16.2. The van der Waals surface area contributed by atoms with Gasteiger partial charge in [0.2, 0.25) is 0 Å². The van der Waals surface area contributed by atoms with Crippen LogP contribution in [0.15, 0.2) is 24.7 Å². The van der Waals surface area contributed by atoms with Crippen molar-refractivity contribution in [3.05, 3.63) is 24.7 Å². The van der Waals surface area contributed by atoms with Gasteiger partial charge in [-0.15, -0.1) is 0 Å². The molecule has 0 aromatic carbocycles. The average molecular weight is 320 g/mol. The van der Waals surface area contributed by atoms with Crippen LogP contribution in [-0.4, -0.2) is 55.7 Å². The molecule has 1 heterocycles. The summed E-state index contributed by atoms with van der Waals surface area (Å²) in [6.07, 6.45) is 0.565. The Bertz CT molecular complexity index is 517. The summed E-state index contributed by atoms with van der Waals surface area (Å²) >= 11 is 0. The lowest BCUT2D eigenvalue weighted by Crippen LogP contribution is -2.45. The molecule has 21 heavy (non-hydrogen) atoms. The van der Waals surface area contributed by atoms with Crippen LogP contribution in [-0.2, 0) is 13.9 Å². The molecule has 1 aliphatic heterocycles. The minimum atomic E-state index is -4.63. The summed E-state index contributed by atoms with van der Waals surface area (Å²) in [6, 6.07) is -0.574. The second-order valence-electron chi connectivity index (χ2n) is 4.99. The van der Waals surface area contributed by atoms with Crippen LogP contribution >= 0.6 is 7.82 Å². The molecule has 0 aromatic heterocycles. The zero-order valence-electron chi connectivity index (χ0n) is 11.0. The SMILES string of the molecule is C=C1NC(=O)C=CN1[C@@H]1CC(COP(=O)(O)O)[C@@H](O)[C@H]1O. The smallest absolute Gasteiger partial charge is 0.390 e. The highest BCUT2D eigenvalue weighted by atomic mass is 31.2. The van der Waals surface area contributed by atoms with Crippen LogP contribution in [0.1, 0.15) is 6.42 Å². The number of carbonyl (C=O) groups excluding carboxylic acids is 1. The summed E-state index contributed by atoms with van der Waals surface area (Å²) in [5.41, 5.74) is 0. The van der Waals surface area contributed by atoms with E-state index in [9.17, 15) is 19.6 Å². The zero-order valence-corrected chi connectivity index (χ0v) is 11.9. The van der Waals surface area contributed by atoms with Crippen molar-refractivity contribution in [3.8, 4) is 0 Å². The van der Waals surface area contributed by atoms with Crippen LogP contribution < -0.4 is 5.32 Å². The van der Waals surface area contributed by atoms with Crippen LogP contribution in [0.2, 0.25) is 0 Å². The van der Waals surface area contributed by atoms with Crippen molar-refractivity contribution in [2.24, 2.45) is 5.92 Å². The highest BCUT2D eigenvalue weighted by molar-refractivity contribution is 7.46. The van der Waals surface area contributed by atoms with Crippen molar-refractivity contribution in [2.75, 3.05) is 6.61 Å². The number of nitrogens with one attached hydrogen (secondary N) is 1. The molecule has 2 aliphatic rings. The Balaban J connectivity index is 2.06. The highest BCUT2D eigenvalue weighted by Gasteiger charge is 2.45. The molecule has 9 nitrogen and oxygen atoms in total. The van der Waals surface area contributed by atoms with Gasteiger partial charge in [0.15, 0.2) is 0 Å². The normalized spacial score (nSPS) is 33.4. The van der Waals surface area contributed by atoms with Crippen molar-refractivity contribution in [2.45, 2.75) is 24.7 Å². The van der Waals surface area contributed by atoms with Crippen molar-refractivity contribution < 1.29 is 33.9 Å². The Kier molecular flexibility index (Phi) is 4.52. The molecule has 0 aromatic rings. The van der Waals surface area contributed by atoms with Crippen LogP contribution in [0.3, 0.4) is 0 Å². The molecule has 1 amide bonds. The van der Waals surface area contributed by atoms with Crippen molar-refractivity contribution >= 4 is 13.7 Å². The number of phosphoric ester groups is 1. The quantitative estimate of drug-likeness (QED) is 0.399. The van der Waals surface area contributed by atoms with Gasteiger partial charge in [0.1, 0.15) is 11.9 Å². The summed E-state index contributed by atoms with van der Waals surface area (Å²) < 4.78 is 15.1. The van der Waals surface area contributed by atoms with Crippen LogP contribution in [0, 0.1) is 5.92 Å². The lowest BCUT2D eigenvalue weighted by atomic mass is 10.1. The number of rotatable bonds is 4. The second kappa shape index (κ2) is 5.88. The number of hydrogen-bond acceptors (Lipinski definition) is 6. The maximum absolute atomic E-state index is 11.2. The number of carbonyl (C=O) groups is 1. The number of nitrogens with zero attached hydrogens (tertiary/aromatic N) is 1. The molecular formula is C11H17N2O7P. The Morgan fingerprint density at radius 2 is 2.10 bits per heavy atom. The number of phosphoric acid groups is 1. The fourth-order valence-electron chi connectivity index (χ4n) is 2.53. The minimum absolute atomic E-state index is 0.224. The van der Waals surface area contributed by atoms with Crippen molar-refractivity contribution in [3.63, 3.8) is 0 Å². The molecule has 2 rings (SSSR count). The van der Waals surface area contributed by atoms with Gasteiger partial charge in [-0.2, -0.15) is 0 Å². The molecule has 0 radical (unpaired) electrons. The molecule has 1 saturated carbocycles. The first-order chi connectivity index (χ1) is 9.69. The number of aliphatic hydroxyl groups excluding tert-OH is 2. The van der Waals surface area contributed by atoms with Gasteiger partial charge in [-0.05, 0) is 6.42 Å². The molecule has 1 fully saturated rings. The minimum Gasteiger partial charge on any atom is -0.390 e. The van der Waals surface area contributed by atoms with E-state index in [1.165, 1.54) is 17.2 Å². The van der Waals surface area contributed by atoms with Crippen molar-refractivity contribution in [1.82, 2.24) is 10.2 Å². The number of aliphatic hydroxyl groups is 2. The predicted molar refractivity (Wildman–Crippen MR) is 70.2 cm³/mol. The van der Waals surface area contributed by atoms with E-state index in [0.717, 1.165) is 0 Å². The van der Waals surface area contributed by atoms with E-state index in [1.807, 2.05) is 0 Å². The van der Waals surface area contributed by atoms with E-state index in [1.54, 1.807) is 0 Å². The molecule has 1 unspecified atom stereocenters. The van der Waals surface area contributed by atoms with E-state index in [0.29, 0.717) is 0 Å². The molecule has 4 atom stereocenters. The lowest BCUT2D eigenvalue weighted by Gasteiger charge is -2.33. The predicted octanol–water partition coefficient (Wildman–Crippen LogP) is -1.38. The molecule has 0 bridgehead atoms. The van der Waals surface area contributed by atoms with Crippen LogP contribution in [0.25, 0.3) is 0 Å². The number of hydrogen-bond donors (Lipinski definition) is 5. The van der Waals surface area contributed by atoms with E-state index >= 15 is 0 Å². The molecule has 5 N–H and O–H groups in total. The standard InChI is InChI=1S/C11H17N2O7P/c1-6-12-9(14)2-3-13(6)8-4-7(10(15)11(8)16)5-20-21(17,18)19/h2-3,7-8,10-11,15-16H,1,4-5H2,(H,12,14)(H2,17,18,19)/t7?,8-,10-,11+/m1/s1. The molecule has 118 valence electrons. The lowest BCUT2D eigenvalue weighted by molar-refractivity contribution is -0.116. The molecular weight excluding hydrogens is 303 g/mol. The summed E-state index contributed by atoms with van der Waals surface area (Å²) in [6.45, 7) is 3.28. The summed E-state index contributed by atoms with van der Waals surface area (Å²) in [7, 11) is -4.63. The molecule has 10 heteroatoms. The third kappa shape index (κ3) is 3.70. The molecule has 0 spiro atoms. The maximum Gasteiger partial charge on any atom is 0.469 e. The Morgan fingerprint density at radius 3 is 2.67 bits per heavy atom. The van der Waals surface area contributed by atoms with Gasteiger partial charge in [0, 0.05) is 18.2 Å². The Hall–Kier alpha value is -1.22. The topological polar surface area (TPSA) is 140 Å². The van der Waals surface area contributed by atoms with E-state index in [2.05, 4.69) is 16.4 Å². The summed E-state index contributed by atoms with van der Waals surface area (Å²) in [5, 5.41) is 22.5. The van der Waals surface area contributed by atoms with Gasteiger partial charge in [0.05, 0.1) is 18.8 Å². The zero-order chi connectivity index (χ0) is 15.8. The van der Waals surface area contributed by atoms with Gasteiger partial charge in [0.25, 0.3) is 5.91 Å². The van der Waals surface area contributed by atoms with Gasteiger partial charge in [-0.25, -0.2) is 4.57 Å². The number of amides is 1. The first-order valence-corrected chi connectivity index (χ1v) is 7.74. The van der Waals surface area contributed by atoms with Gasteiger partial charge >= 0.3 is 7.82 Å². The maximum atomic E-state index is 11.2. The van der Waals surface area contributed by atoms with E-state index in [-0.39, 0.29) is 24.8 Å². The molecule has 1 aliphatic carbocycles. The van der Waals surface area contributed by atoms with Gasteiger partial charge < -0.3 is 30.2 Å². The summed E-state index contributed by atoms with van der Waals surface area (Å²) in [5.74, 6) is -0.725. The van der Waals surface area contributed by atoms with Gasteiger partial charge in [-0.3, -0.25) is 9.32 Å². The highest BCUT2D eigenvalue weighted by Crippen LogP contribution is 2.39. The third-order valence-corrected chi connectivity index (χ3v) is 4.04. The third-order valence-electron chi connectivity index (χ3n) is 3.55. The fraction of sp³-hybridized carbons (Fsp3) is 0.545. The first-order valence-electron chi connectivity index (χ1n) is 6.21. The Morgan fingerprint density at radius 1 is 1.43 bits per heavy atom. The second-order valence-corrected chi connectivity index (χ2v) is 6.23. The molecule has 0 saturated heterocycles.